The summed E-state index contributed by atoms with van der Waals surface area (Å²) in [5.41, 5.74) is 3.35. The number of ether oxygens (including phenoxy) is 1. The van der Waals surface area contributed by atoms with Crippen LogP contribution in [-0.4, -0.2) is 35.0 Å². The minimum Gasteiger partial charge on any atom is -0.489 e. The predicted molar refractivity (Wildman–Crippen MR) is 119 cm³/mol. The Morgan fingerprint density at radius 2 is 1.57 bits per heavy atom. The Morgan fingerprint density at radius 1 is 0.967 bits per heavy atom. The monoisotopic (exact) mass is 400 g/mol. The minimum absolute atomic E-state index is 0.0764. The van der Waals surface area contributed by atoms with E-state index < -0.39 is 0 Å². The van der Waals surface area contributed by atoms with Gasteiger partial charge in [-0.25, -0.2) is 0 Å². The van der Waals surface area contributed by atoms with Gasteiger partial charge < -0.3 is 9.64 Å². The van der Waals surface area contributed by atoms with Gasteiger partial charge in [-0.3, -0.25) is 9.78 Å². The number of rotatable bonds is 6. The van der Waals surface area contributed by atoms with Crippen LogP contribution in [0.3, 0.4) is 0 Å². The Kier molecular flexibility index (Phi) is 6.43. The predicted octanol–water partition coefficient (Wildman–Crippen LogP) is 4.98. The van der Waals surface area contributed by atoms with Crippen LogP contribution in [0.1, 0.15) is 42.0 Å². The van der Waals surface area contributed by atoms with Gasteiger partial charge in [0.2, 0.25) is 5.91 Å². The molecule has 0 N–H and O–H groups in total. The largest absolute Gasteiger partial charge is 0.489 e. The molecule has 3 aromatic rings. The van der Waals surface area contributed by atoms with E-state index in [9.17, 15) is 4.79 Å². The second-order valence-corrected chi connectivity index (χ2v) is 7.91. The molecule has 1 fully saturated rings. The topological polar surface area (TPSA) is 42.4 Å². The maximum absolute atomic E-state index is 13.1. The van der Waals surface area contributed by atoms with E-state index in [0.717, 1.165) is 37.4 Å². The number of carbonyl (C=O) groups is 1. The van der Waals surface area contributed by atoms with E-state index in [1.807, 2.05) is 60.4 Å². The number of carbonyl (C=O) groups excluding carboxylic acids is 1. The van der Waals surface area contributed by atoms with Gasteiger partial charge in [0.1, 0.15) is 11.9 Å². The van der Waals surface area contributed by atoms with Gasteiger partial charge in [0.25, 0.3) is 0 Å². The quantitative estimate of drug-likeness (QED) is 0.586. The normalized spacial score (nSPS) is 14.7. The molecule has 1 aromatic heterocycles. The molecule has 0 unspecified atom stereocenters. The van der Waals surface area contributed by atoms with Gasteiger partial charge in [-0.1, -0.05) is 60.7 Å². The molecule has 1 aliphatic rings. The molecule has 0 atom stereocenters. The third-order valence-electron chi connectivity index (χ3n) is 5.76. The van der Waals surface area contributed by atoms with E-state index in [0.29, 0.717) is 6.42 Å². The van der Waals surface area contributed by atoms with E-state index in [2.05, 4.69) is 29.2 Å². The second kappa shape index (κ2) is 9.57. The number of pyridine rings is 1. The fraction of sp³-hybridized carbons (Fsp3) is 0.308. The van der Waals surface area contributed by atoms with Crippen molar-refractivity contribution >= 4 is 5.91 Å². The number of nitrogens with zero attached hydrogens (tertiary/aromatic N) is 2. The summed E-state index contributed by atoms with van der Waals surface area (Å²) < 4.78 is 6.06. The Labute approximate surface area is 178 Å². The standard InChI is InChI=1S/C26H28N2O2/c1-20-12-13-24(19-27-20)30-23-14-16-28(17-15-23)26(29)18-25(21-8-4-2-5-9-21)22-10-6-3-7-11-22/h2-13,19,23,25H,14-18H2,1H3. The molecule has 1 saturated heterocycles. The number of benzene rings is 2. The average molecular weight is 401 g/mol. The molecule has 0 spiro atoms. The first-order chi connectivity index (χ1) is 14.7. The highest BCUT2D eigenvalue weighted by Gasteiger charge is 2.27. The molecule has 30 heavy (non-hydrogen) atoms. The molecule has 0 saturated carbocycles. The van der Waals surface area contributed by atoms with Crippen molar-refractivity contribution in [3.63, 3.8) is 0 Å². The highest BCUT2D eigenvalue weighted by Crippen LogP contribution is 2.29. The van der Waals surface area contributed by atoms with Crippen LogP contribution in [0.2, 0.25) is 0 Å². The number of amides is 1. The Hall–Kier alpha value is -3.14. The Balaban J connectivity index is 1.37. The maximum Gasteiger partial charge on any atom is 0.223 e. The number of likely N-dealkylation sites (tertiary alicyclic amines) is 1. The second-order valence-electron chi connectivity index (χ2n) is 7.91. The number of aryl methyl sites for hydroxylation is 1. The lowest BCUT2D eigenvalue weighted by molar-refractivity contribution is -0.133. The van der Waals surface area contributed by atoms with Crippen LogP contribution in [0.5, 0.6) is 5.75 Å². The van der Waals surface area contributed by atoms with Crippen LogP contribution in [0, 0.1) is 6.92 Å². The molecule has 2 heterocycles. The fourth-order valence-electron chi connectivity index (χ4n) is 4.04. The van der Waals surface area contributed by atoms with E-state index in [4.69, 9.17) is 4.74 Å². The first-order valence-electron chi connectivity index (χ1n) is 10.7. The summed E-state index contributed by atoms with van der Waals surface area (Å²) >= 11 is 0. The molecule has 0 radical (unpaired) electrons. The smallest absolute Gasteiger partial charge is 0.223 e. The zero-order valence-corrected chi connectivity index (χ0v) is 17.4. The van der Waals surface area contributed by atoms with Crippen LogP contribution in [0.15, 0.2) is 79.0 Å². The van der Waals surface area contributed by atoms with Crippen molar-refractivity contribution in [3.8, 4) is 5.75 Å². The molecule has 0 aliphatic carbocycles. The molecule has 4 rings (SSSR count). The van der Waals surface area contributed by atoms with E-state index >= 15 is 0 Å². The van der Waals surface area contributed by atoms with Crippen molar-refractivity contribution in [2.24, 2.45) is 0 Å². The van der Waals surface area contributed by atoms with Crippen molar-refractivity contribution in [1.82, 2.24) is 9.88 Å². The molecule has 2 aromatic carbocycles. The van der Waals surface area contributed by atoms with Crippen LogP contribution in [0.25, 0.3) is 0 Å². The van der Waals surface area contributed by atoms with Crippen LogP contribution in [-0.2, 0) is 4.79 Å². The van der Waals surface area contributed by atoms with Gasteiger partial charge in [0.05, 0.1) is 6.20 Å². The SMILES string of the molecule is Cc1ccc(OC2CCN(C(=O)CC(c3ccccc3)c3ccccc3)CC2)cn1. The van der Waals surface area contributed by atoms with Crippen molar-refractivity contribution in [2.45, 2.75) is 38.2 Å². The highest BCUT2D eigenvalue weighted by atomic mass is 16.5. The Bertz CT molecular complexity index is 894. The van der Waals surface area contributed by atoms with Crippen molar-refractivity contribution in [3.05, 3.63) is 95.8 Å². The number of hydrogen-bond donors (Lipinski definition) is 0. The van der Waals surface area contributed by atoms with Crippen LogP contribution < -0.4 is 4.74 Å². The number of aromatic nitrogens is 1. The van der Waals surface area contributed by atoms with Crippen molar-refractivity contribution in [2.75, 3.05) is 13.1 Å². The van der Waals surface area contributed by atoms with Gasteiger partial charge >= 0.3 is 0 Å². The lowest BCUT2D eigenvalue weighted by Gasteiger charge is -2.33. The summed E-state index contributed by atoms with van der Waals surface area (Å²) in [4.78, 5) is 19.4. The van der Waals surface area contributed by atoms with Crippen molar-refractivity contribution in [1.29, 1.82) is 0 Å². The van der Waals surface area contributed by atoms with Crippen molar-refractivity contribution < 1.29 is 9.53 Å². The molecule has 154 valence electrons. The van der Waals surface area contributed by atoms with Gasteiger partial charge in [-0.15, -0.1) is 0 Å². The van der Waals surface area contributed by atoms with E-state index in [1.54, 1.807) is 6.20 Å². The summed E-state index contributed by atoms with van der Waals surface area (Å²) in [5.74, 6) is 1.09. The Morgan fingerprint density at radius 3 is 2.10 bits per heavy atom. The summed E-state index contributed by atoms with van der Waals surface area (Å²) in [6.45, 7) is 3.43. The zero-order chi connectivity index (χ0) is 20.8. The highest BCUT2D eigenvalue weighted by molar-refractivity contribution is 5.78. The van der Waals surface area contributed by atoms with E-state index in [-0.39, 0.29) is 17.9 Å². The molecule has 0 bridgehead atoms. The number of piperidine rings is 1. The third kappa shape index (κ3) is 5.07. The molecule has 1 aliphatic heterocycles. The number of hydrogen-bond acceptors (Lipinski definition) is 3. The lowest BCUT2D eigenvalue weighted by Crippen LogP contribution is -2.42. The molecule has 4 heteroatoms. The zero-order valence-electron chi connectivity index (χ0n) is 17.4. The maximum atomic E-state index is 13.1. The summed E-state index contributed by atoms with van der Waals surface area (Å²) in [6.07, 6.45) is 4.10. The molecule has 4 nitrogen and oxygen atoms in total. The lowest BCUT2D eigenvalue weighted by atomic mass is 9.88. The fourth-order valence-corrected chi connectivity index (χ4v) is 4.04. The molecular weight excluding hydrogens is 372 g/mol. The summed E-state index contributed by atoms with van der Waals surface area (Å²) in [5, 5.41) is 0. The van der Waals surface area contributed by atoms with Gasteiger partial charge in [0.15, 0.2) is 0 Å². The summed E-state index contributed by atoms with van der Waals surface area (Å²) in [6, 6.07) is 24.6. The van der Waals surface area contributed by atoms with Crippen LogP contribution >= 0.6 is 0 Å². The first-order valence-corrected chi connectivity index (χ1v) is 10.7. The third-order valence-corrected chi connectivity index (χ3v) is 5.76. The first kappa shape index (κ1) is 20.1. The van der Waals surface area contributed by atoms with Gasteiger partial charge in [0, 0.05) is 44.0 Å². The summed E-state index contributed by atoms with van der Waals surface area (Å²) in [7, 11) is 0. The van der Waals surface area contributed by atoms with Crippen LogP contribution in [0.4, 0.5) is 0 Å². The minimum atomic E-state index is 0.0764. The molecule has 1 amide bonds. The van der Waals surface area contributed by atoms with Gasteiger partial charge in [-0.2, -0.15) is 0 Å². The van der Waals surface area contributed by atoms with E-state index in [1.165, 1.54) is 11.1 Å². The van der Waals surface area contributed by atoms with Gasteiger partial charge in [-0.05, 0) is 30.2 Å². The average Bonchev–Trinajstić information content (AvgIpc) is 2.80. The molecular formula is C26H28N2O2.